The molecule has 0 bridgehead atoms. The molecule has 7 nitrogen and oxygen atoms in total. The minimum absolute atomic E-state index is 0.0535. The molecule has 1 amide bonds. The van der Waals surface area contributed by atoms with E-state index in [0.29, 0.717) is 21.4 Å². The number of methoxy groups -OCH3 is 1. The van der Waals surface area contributed by atoms with Crippen LogP contribution >= 0.6 is 22.6 Å². The van der Waals surface area contributed by atoms with Gasteiger partial charge in [-0.3, -0.25) is 4.79 Å². The largest absolute Gasteiger partial charge is 0.496 e. The summed E-state index contributed by atoms with van der Waals surface area (Å²) < 4.78 is 35.6. The Morgan fingerprint density at radius 1 is 1.09 bits per heavy atom. The van der Waals surface area contributed by atoms with E-state index in [4.69, 9.17) is 10.5 Å². The highest BCUT2D eigenvalue weighted by atomic mass is 127. The Morgan fingerprint density at radius 2 is 1.85 bits per heavy atom. The van der Waals surface area contributed by atoms with Gasteiger partial charge in [-0.1, -0.05) is 18.2 Å². The maximum Gasteiger partial charge on any atom is 0.265 e. The van der Waals surface area contributed by atoms with Crippen LogP contribution in [0, 0.1) is 3.57 Å². The van der Waals surface area contributed by atoms with Crippen LogP contribution in [0.5, 0.6) is 5.75 Å². The normalized spacial score (nSPS) is 11.5. The monoisotopic (exact) mass is 575 g/mol. The zero-order valence-electron chi connectivity index (χ0n) is 18.0. The van der Waals surface area contributed by atoms with Crippen molar-refractivity contribution in [2.24, 2.45) is 7.05 Å². The van der Waals surface area contributed by atoms with Gasteiger partial charge in [0, 0.05) is 45.4 Å². The van der Waals surface area contributed by atoms with Gasteiger partial charge in [0.15, 0.2) is 0 Å². The summed E-state index contributed by atoms with van der Waals surface area (Å²) in [5, 5.41) is 1.05. The highest BCUT2D eigenvalue weighted by Crippen LogP contribution is 2.29. The zero-order valence-corrected chi connectivity index (χ0v) is 21.0. The number of nitrogens with two attached hydrogens (primary N) is 1. The van der Waals surface area contributed by atoms with Crippen LogP contribution in [0.3, 0.4) is 0 Å². The molecule has 4 rings (SSSR count). The summed E-state index contributed by atoms with van der Waals surface area (Å²) in [6, 6.07) is 17.2. The molecule has 170 valence electrons. The van der Waals surface area contributed by atoms with E-state index in [0.717, 1.165) is 22.0 Å². The van der Waals surface area contributed by atoms with Crippen LogP contribution in [0.25, 0.3) is 10.9 Å². The Kier molecular flexibility index (Phi) is 6.35. The van der Waals surface area contributed by atoms with E-state index < -0.39 is 15.9 Å². The zero-order chi connectivity index (χ0) is 23.8. The molecule has 0 fully saturated rings. The van der Waals surface area contributed by atoms with Crippen LogP contribution < -0.4 is 15.2 Å². The number of nitrogen functional groups attached to an aromatic ring is 1. The van der Waals surface area contributed by atoms with E-state index in [2.05, 4.69) is 4.72 Å². The number of hydrogen-bond acceptors (Lipinski definition) is 5. The van der Waals surface area contributed by atoms with Crippen LogP contribution in [0.2, 0.25) is 0 Å². The highest BCUT2D eigenvalue weighted by molar-refractivity contribution is 14.1. The van der Waals surface area contributed by atoms with E-state index in [1.807, 2.05) is 58.6 Å². The molecule has 0 radical (unpaired) electrons. The molecule has 1 heterocycles. The van der Waals surface area contributed by atoms with Crippen LogP contribution in [-0.4, -0.2) is 26.0 Å². The molecular formula is C24H22IN3O4S. The number of carbonyl (C=O) groups excluding carboxylic acids is 1. The average Bonchev–Trinajstić information content (AvgIpc) is 3.08. The number of benzene rings is 3. The van der Waals surface area contributed by atoms with Crippen molar-refractivity contribution in [1.82, 2.24) is 9.29 Å². The van der Waals surface area contributed by atoms with Gasteiger partial charge in [0.05, 0.1) is 7.11 Å². The topological polar surface area (TPSA) is 103 Å². The fourth-order valence-corrected chi connectivity index (χ4v) is 6.08. The minimum atomic E-state index is -4.00. The molecule has 0 atom stereocenters. The Labute approximate surface area is 205 Å². The van der Waals surface area contributed by atoms with E-state index in [1.165, 1.54) is 13.2 Å². The van der Waals surface area contributed by atoms with E-state index >= 15 is 0 Å². The van der Waals surface area contributed by atoms with Gasteiger partial charge in [0.25, 0.3) is 15.9 Å². The number of amides is 1. The fourth-order valence-electron chi connectivity index (χ4n) is 3.77. The summed E-state index contributed by atoms with van der Waals surface area (Å²) >= 11 is 1.92. The first-order valence-corrected chi connectivity index (χ1v) is 12.6. The molecule has 1 aromatic heterocycles. The van der Waals surface area contributed by atoms with Gasteiger partial charge >= 0.3 is 0 Å². The number of rotatable bonds is 6. The molecule has 0 spiro atoms. The van der Waals surface area contributed by atoms with E-state index in [1.54, 1.807) is 36.4 Å². The molecule has 0 aliphatic heterocycles. The summed E-state index contributed by atoms with van der Waals surface area (Å²) in [5.41, 5.74) is 9.85. The first-order chi connectivity index (χ1) is 15.7. The number of nitrogens with zero attached hydrogens (tertiary/aromatic N) is 1. The molecule has 0 aliphatic carbocycles. The number of carbonyl (C=O) groups is 1. The van der Waals surface area contributed by atoms with Crippen molar-refractivity contribution >= 4 is 55.1 Å². The summed E-state index contributed by atoms with van der Waals surface area (Å²) in [6.07, 6.45) is 2.60. The quantitative estimate of drug-likeness (QED) is 0.267. The number of fused-ring (bicyclic) bond motifs is 1. The van der Waals surface area contributed by atoms with Crippen molar-refractivity contribution in [3.05, 3.63) is 87.1 Å². The second kappa shape index (κ2) is 9.06. The number of halogens is 1. The predicted molar refractivity (Wildman–Crippen MR) is 137 cm³/mol. The first kappa shape index (κ1) is 23.1. The molecule has 0 saturated carbocycles. The van der Waals surface area contributed by atoms with Crippen molar-refractivity contribution in [2.45, 2.75) is 11.3 Å². The molecule has 0 unspecified atom stereocenters. The van der Waals surface area contributed by atoms with E-state index in [9.17, 15) is 13.2 Å². The number of nitrogens with one attached hydrogen (secondary N) is 1. The maximum atomic E-state index is 12.7. The number of aryl methyl sites for hydroxylation is 1. The average molecular weight is 575 g/mol. The summed E-state index contributed by atoms with van der Waals surface area (Å²) in [7, 11) is -0.513. The molecule has 3 N–H and O–H groups in total. The lowest BCUT2D eigenvalue weighted by atomic mass is 10.0. The number of hydrogen-bond donors (Lipinski definition) is 2. The predicted octanol–water partition coefficient (Wildman–Crippen LogP) is 4.08. The summed E-state index contributed by atoms with van der Waals surface area (Å²) in [6.45, 7) is 0. The molecule has 33 heavy (non-hydrogen) atoms. The SMILES string of the molecule is COc1cc(C(=O)NS(=O)(=O)c2ccccc2I)ccc1Cc1cn(C)c2ccc(N)cc12. The van der Waals surface area contributed by atoms with Gasteiger partial charge in [-0.05, 0) is 76.2 Å². The smallest absolute Gasteiger partial charge is 0.265 e. The van der Waals surface area contributed by atoms with Crippen molar-refractivity contribution in [1.29, 1.82) is 0 Å². The molecule has 4 aromatic rings. The number of sulfonamides is 1. The second-order valence-corrected chi connectivity index (χ2v) is 10.4. The number of anilines is 1. The van der Waals surface area contributed by atoms with Crippen molar-refractivity contribution < 1.29 is 17.9 Å². The van der Waals surface area contributed by atoms with Crippen LogP contribution in [0.4, 0.5) is 5.69 Å². The van der Waals surface area contributed by atoms with Crippen molar-refractivity contribution in [2.75, 3.05) is 12.8 Å². The first-order valence-electron chi connectivity index (χ1n) is 10.0. The molecule has 9 heteroatoms. The van der Waals surface area contributed by atoms with Crippen LogP contribution in [0.15, 0.2) is 71.8 Å². The minimum Gasteiger partial charge on any atom is -0.496 e. The van der Waals surface area contributed by atoms with Gasteiger partial charge in [-0.25, -0.2) is 13.1 Å². The van der Waals surface area contributed by atoms with Gasteiger partial charge in [-0.2, -0.15) is 0 Å². The lowest BCUT2D eigenvalue weighted by Gasteiger charge is -2.12. The lowest BCUT2D eigenvalue weighted by Crippen LogP contribution is -2.31. The standard InChI is InChI=1S/C24H22IN3O4S/c1-28-14-17(19-13-18(26)9-10-21(19)28)11-15-7-8-16(12-22(15)32-2)24(29)27-33(30,31)23-6-4-3-5-20(23)25/h3-10,12-14H,11,26H2,1-2H3,(H,27,29). The summed E-state index contributed by atoms with van der Waals surface area (Å²) in [5.74, 6) is -0.229. The third-order valence-electron chi connectivity index (χ3n) is 5.38. The third kappa shape index (κ3) is 4.69. The molecule has 0 aliphatic rings. The fraction of sp³-hybridized carbons (Fsp3) is 0.125. The lowest BCUT2D eigenvalue weighted by molar-refractivity contribution is 0.0981. The van der Waals surface area contributed by atoms with Crippen LogP contribution in [-0.2, 0) is 23.5 Å². The maximum absolute atomic E-state index is 12.7. The van der Waals surface area contributed by atoms with E-state index in [-0.39, 0.29) is 10.5 Å². The third-order valence-corrected chi connectivity index (χ3v) is 8.08. The Hall–Kier alpha value is -3.05. The second-order valence-electron chi connectivity index (χ2n) is 7.61. The Balaban J connectivity index is 1.62. The Bertz CT molecular complexity index is 1480. The summed E-state index contributed by atoms with van der Waals surface area (Å²) in [4.78, 5) is 12.8. The van der Waals surface area contributed by atoms with Crippen LogP contribution in [0.1, 0.15) is 21.5 Å². The van der Waals surface area contributed by atoms with Crippen molar-refractivity contribution in [3.63, 3.8) is 0 Å². The number of ether oxygens (including phenoxy) is 1. The van der Waals surface area contributed by atoms with Gasteiger partial charge in [-0.15, -0.1) is 0 Å². The highest BCUT2D eigenvalue weighted by Gasteiger charge is 2.22. The molecular weight excluding hydrogens is 553 g/mol. The van der Waals surface area contributed by atoms with Gasteiger partial charge in [0.2, 0.25) is 0 Å². The Morgan fingerprint density at radius 3 is 2.58 bits per heavy atom. The molecule has 0 saturated heterocycles. The number of aromatic nitrogens is 1. The van der Waals surface area contributed by atoms with Gasteiger partial charge < -0.3 is 15.0 Å². The molecule has 3 aromatic carbocycles. The van der Waals surface area contributed by atoms with Crippen molar-refractivity contribution in [3.8, 4) is 5.75 Å². The van der Waals surface area contributed by atoms with Gasteiger partial charge in [0.1, 0.15) is 10.6 Å².